The Kier molecular flexibility index (Phi) is 4.10. The smallest absolute Gasteiger partial charge is 0.272 e. The molecular weight excluding hydrogens is 354 g/mol. The highest BCUT2D eigenvalue weighted by Crippen LogP contribution is 2.28. The Morgan fingerprint density at radius 3 is 2.74 bits per heavy atom. The standard InChI is InChI=1S/C19H16F2N4O2/c1-10(26)25-8-12(9-25)22-19(27)18-14-7-11(5-6-16(14)23-24-18)13-3-2-4-15(20)17(13)21/h2-7,12H,8-9H2,1H3,(H,22,27)(H,23,24). The fourth-order valence-corrected chi connectivity index (χ4v) is 3.16. The van der Waals surface area contributed by atoms with E-state index in [0.717, 1.165) is 6.07 Å². The molecule has 138 valence electrons. The van der Waals surface area contributed by atoms with E-state index in [1.54, 1.807) is 23.1 Å². The lowest BCUT2D eigenvalue weighted by atomic mass is 10.0. The molecule has 1 aliphatic rings. The number of hydrogen-bond acceptors (Lipinski definition) is 3. The molecule has 4 rings (SSSR count). The summed E-state index contributed by atoms with van der Waals surface area (Å²) in [5, 5.41) is 10.2. The maximum Gasteiger partial charge on any atom is 0.272 e. The number of rotatable bonds is 3. The largest absolute Gasteiger partial charge is 0.344 e. The Labute approximate surface area is 153 Å². The molecule has 1 saturated heterocycles. The van der Waals surface area contributed by atoms with Crippen LogP contribution in [0.25, 0.3) is 22.0 Å². The number of aromatic nitrogens is 2. The third-order valence-corrected chi connectivity index (χ3v) is 4.70. The van der Waals surface area contributed by atoms with Crippen LogP contribution in [0.4, 0.5) is 8.78 Å². The van der Waals surface area contributed by atoms with Gasteiger partial charge < -0.3 is 10.2 Å². The van der Waals surface area contributed by atoms with E-state index < -0.39 is 11.6 Å². The minimum Gasteiger partial charge on any atom is -0.344 e. The van der Waals surface area contributed by atoms with Crippen molar-refractivity contribution >= 4 is 22.7 Å². The number of likely N-dealkylation sites (tertiary alicyclic amines) is 1. The van der Waals surface area contributed by atoms with E-state index in [4.69, 9.17) is 0 Å². The third-order valence-electron chi connectivity index (χ3n) is 4.70. The molecule has 1 aromatic heterocycles. The number of nitrogens with zero attached hydrogens (tertiary/aromatic N) is 2. The zero-order valence-electron chi connectivity index (χ0n) is 14.4. The first kappa shape index (κ1) is 17.1. The Morgan fingerprint density at radius 2 is 2.00 bits per heavy atom. The summed E-state index contributed by atoms with van der Waals surface area (Å²) in [7, 11) is 0. The number of hydrogen-bond donors (Lipinski definition) is 2. The molecule has 27 heavy (non-hydrogen) atoms. The molecule has 0 unspecified atom stereocenters. The van der Waals surface area contributed by atoms with Crippen LogP contribution in [-0.2, 0) is 4.79 Å². The number of aromatic amines is 1. The average molecular weight is 370 g/mol. The molecule has 1 fully saturated rings. The number of benzene rings is 2. The van der Waals surface area contributed by atoms with Crippen LogP contribution in [0, 0.1) is 11.6 Å². The summed E-state index contributed by atoms with van der Waals surface area (Å²) in [4.78, 5) is 25.4. The van der Waals surface area contributed by atoms with E-state index in [1.165, 1.54) is 19.1 Å². The lowest BCUT2D eigenvalue weighted by Gasteiger charge is -2.38. The molecule has 0 atom stereocenters. The SMILES string of the molecule is CC(=O)N1CC(NC(=O)c2n[nH]c3ccc(-c4cccc(F)c4F)cc23)C1. The number of amides is 2. The highest BCUT2D eigenvalue weighted by molar-refractivity contribution is 6.05. The van der Waals surface area contributed by atoms with Gasteiger partial charge in [0.1, 0.15) is 0 Å². The van der Waals surface area contributed by atoms with E-state index in [-0.39, 0.29) is 29.1 Å². The average Bonchev–Trinajstić information content (AvgIpc) is 3.02. The van der Waals surface area contributed by atoms with Gasteiger partial charge in [-0.05, 0) is 23.8 Å². The van der Waals surface area contributed by atoms with E-state index in [0.29, 0.717) is 29.6 Å². The Hall–Kier alpha value is -3.29. The molecule has 1 aliphatic heterocycles. The number of carbonyl (C=O) groups excluding carboxylic acids is 2. The predicted molar refractivity (Wildman–Crippen MR) is 95.0 cm³/mol. The molecule has 2 N–H and O–H groups in total. The quantitative estimate of drug-likeness (QED) is 0.744. The molecule has 2 aromatic carbocycles. The molecular formula is C19H16F2N4O2. The second-order valence-electron chi connectivity index (χ2n) is 6.53. The van der Waals surface area contributed by atoms with Crippen molar-refractivity contribution < 1.29 is 18.4 Å². The van der Waals surface area contributed by atoms with Crippen molar-refractivity contribution in [2.24, 2.45) is 0 Å². The summed E-state index contributed by atoms with van der Waals surface area (Å²) in [6, 6.07) is 8.74. The maximum absolute atomic E-state index is 14.1. The normalized spacial score (nSPS) is 14.3. The molecule has 0 bridgehead atoms. The summed E-state index contributed by atoms with van der Waals surface area (Å²) in [5.74, 6) is -2.29. The third kappa shape index (κ3) is 3.03. The van der Waals surface area contributed by atoms with Crippen LogP contribution in [0.1, 0.15) is 17.4 Å². The molecule has 3 aromatic rings. The van der Waals surface area contributed by atoms with Crippen LogP contribution in [-0.4, -0.2) is 46.0 Å². The van der Waals surface area contributed by atoms with Gasteiger partial charge in [-0.2, -0.15) is 5.10 Å². The molecule has 0 aliphatic carbocycles. The fourth-order valence-electron chi connectivity index (χ4n) is 3.16. The number of carbonyl (C=O) groups is 2. The first-order valence-corrected chi connectivity index (χ1v) is 8.43. The monoisotopic (exact) mass is 370 g/mol. The lowest BCUT2D eigenvalue weighted by molar-refractivity contribution is -0.133. The number of fused-ring (bicyclic) bond motifs is 1. The summed E-state index contributed by atoms with van der Waals surface area (Å²) in [5.41, 5.74) is 1.34. The summed E-state index contributed by atoms with van der Waals surface area (Å²) in [6.07, 6.45) is 0. The van der Waals surface area contributed by atoms with Crippen LogP contribution in [0.5, 0.6) is 0 Å². The van der Waals surface area contributed by atoms with Crippen molar-refractivity contribution in [3.8, 4) is 11.1 Å². The molecule has 2 amide bonds. The van der Waals surface area contributed by atoms with Crippen molar-refractivity contribution in [3.63, 3.8) is 0 Å². The minimum atomic E-state index is -0.940. The second kappa shape index (κ2) is 6.46. The molecule has 8 heteroatoms. The van der Waals surface area contributed by atoms with E-state index in [2.05, 4.69) is 15.5 Å². The molecule has 0 saturated carbocycles. The van der Waals surface area contributed by atoms with Gasteiger partial charge in [-0.25, -0.2) is 8.78 Å². The zero-order valence-corrected chi connectivity index (χ0v) is 14.4. The topological polar surface area (TPSA) is 78.1 Å². The van der Waals surface area contributed by atoms with E-state index in [9.17, 15) is 18.4 Å². The van der Waals surface area contributed by atoms with Gasteiger partial charge in [-0.15, -0.1) is 0 Å². The van der Waals surface area contributed by atoms with Crippen molar-refractivity contribution in [2.75, 3.05) is 13.1 Å². The van der Waals surface area contributed by atoms with Gasteiger partial charge in [0.2, 0.25) is 5.91 Å². The number of halogens is 2. The maximum atomic E-state index is 14.1. The molecule has 2 heterocycles. The van der Waals surface area contributed by atoms with Crippen LogP contribution in [0.3, 0.4) is 0 Å². The van der Waals surface area contributed by atoms with Crippen LogP contribution in [0.2, 0.25) is 0 Å². The van der Waals surface area contributed by atoms with Crippen molar-refractivity contribution in [1.82, 2.24) is 20.4 Å². The van der Waals surface area contributed by atoms with Crippen molar-refractivity contribution in [1.29, 1.82) is 0 Å². The zero-order chi connectivity index (χ0) is 19.1. The van der Waals surface area contributed by atoms with E-state index in [1.807, 2.05) is 0 Å². The van der Waals surface area contributed by atoms with Crippen LogP contribution < -0.4 is 5.32 Å². The summed E-state index contributed by atoms with van der Waals surface area (Å²) in [6.45, 7) is 2.40. The number of H-pyrrole nitrogens is 1. The van der Waals surface area contributed by atoms with Gasteiger partial charge in [0.15, 0.2) is 17.3 Å². The van der Waals surface area contributed by atoms with Gasteiger partial charge >= 0.3 is 0 Å². The van der Waals surface area contributed by atoms with Crippen molar-refractivity contribution in [3.05, 3.63) is 53.7 Å². The van der Waals surface area contributed by atoms with Crippen LogP contribution >= 0.6 is 0 Å². The Morgan fingerprint density at radius 1 is 1.22 bits per heavy atom. The first-order valence-electron chi connectivity index (χ1n) is 8.43. The fraction of sp³-hybridized carbons (Fsp3) is 0.211. The molecule has 6 nitrogen and oxygen atoms in total. The Bertz CT molecular complexity index is 1060. The van der Waals surface area contributed by atoms with Gasteiger partial charge in [0.05, 0.1) is 11.6 Å². The van der Waals surface area contributed by atoms with Gasteiger partial charge in [-0.3, -0.25) is 14.7 Å². The van der Waals surface area contributed by atoms with Crippen LogP contribution in [0.15, 0.2) is 36.4 Å². The highest BCUT2D eigenvalue weighted by Gasteiger charge is 2.30. The second-order valence-corrected chi connectivity index (χ2v) is 6.53. The first-order chi connectivity index (χ1) is 12.9. The summed E-state index contributed by atoms with van der Waals surface area (Å²) >= 11 is 0. The predicted octanol–water partition coefficient (Wildman–Crippen LogP) is 2.47. The van der Waals surface area contributed by atoms with Gasteiger partial charge in [0.25, 0.3) is 5.91 Å². The van der Waals surface area contributed by atoms with Crippen molar-refractivity contribution in [2.45, 2.75) is 13.0 Å². The van der Waals surface area contributed by atoms with Gasteiger partial charge in [0, 0.05) is 31.0 Å². The molecule has 0 spiro atoms. The minimum absolute atomic E-state index is 0.0347. The number of nitrogens with one attached hydrogen (secondary N) is 2. The lowest BCUT2D eigenvalue weighted by Crippen LogP contribution is -2.60. The summed E-state index contributed by atoms with van der Waals surface area (Å²) < 4.78 is 27.6. The van der Waals surface area contributed by atoms with Gasteiger partial charge in [-0.1, -0.05) is 18.2 Å². The highest BCUT2D eigenvalue weighted by atomic mass is 19.2. The molecule has 0 radical (unpaired) electrons. The Balaban J connectivity index is 1.62. The van der Waals surface area contributed by atoms with E-state index >= 15 is 0 Å².